The zero-order valence-electron chi connectivity index (χ0n) is 18.3. The van der Waals surface area contributed by atoms with Crippen LogP contribution in [0, 0.1) is 0 Å². The van der Waals surface area contributed by atoms with Crippen LogP contribution in [0.1, 0.15) is 23.6 Å². The number of ether oxygens (including phenoxy) is 2. The zero-order valence-corrected chi connectivity index (χ0v) is 22.3. The first-order chi connectivity index (χ1) is 16.4. The molecule has 0 spiro atoms. The van der Waals surface area contributed by atoms with Gasteiger partial charge in [-0.2, -0.15) is 0 Å². The summed E-state index contributed by atoms with van der Waals surface area (Å²) >= 11 is 7.90. The molecular formula is C26H21Br2NO4S. The van der Waals surface area contributed by atoms with Crippen molar-refractivity contribution < 1.29 is 19.1 Å². The number of rotatable bonds is 8. The van der Waals surface area contributed by atoms with Gasteiger partial charge in [0.1, 0.15) is 6.61 Å². The van der Waals surface area contributed by atoms with E-state index in [4.69, 9.17) is 9.47 Å². The molecule has 5 nitrogen and oxygen atoms in total. The molecule has 0 unspecified atom stereocenters. The van der Waals surface area contributed by atoms with Crippen LogP contribution in [0.15, 0.2) is 80.6 Å². The zero-order chi connectivity index (χ0) is 24.1. The molecule has 3 aromatic rings. The number of carbonyl (C=O) groups is 2. The summed E-state index contributed by atoms with van der Waals surface area (Å²) < 4.78 is 13.5. The Bertz CT molecular complexity index is 1230. The first-order valence-corrected chi connectivity index (χ1v) is 13.0. The van der Waals surface area contributed by atoms with Crippen LogP contribution in [0.2, 0.25) is 0 Å². The summed E-state index contributed by atoms with van der Waals surface area (Å²) in [5.74, 6) is 0.854. The van der Waals surface area contributed by atoms with E-state index < -0.39 is 0 Å². The molecule has 1 aliphatic rings. The van der Waals surface area contributed by atoms with E-state index in [1.54, 1.807) is 6.08 Å². The molecule has 0 atom stereocenters. The van der Waals surface area contributed by atoms with E-state index in [0.717, 1.165) is 37.4 Å². The van der Waals surface area contributed by atoms with Gasteiger partial charge >= 0.3 is 0 Å². The van der Waals surface area contributed by atoms with Crippen LogP contribution in [0.25, 0.3) is 6.08 Å². The highest BCUT2D eigenvalue weighted by molar-refractivity contribution is 9.10. The third-order valence-electron chi connectivity index (χ3n) is 5.01. The van der Waals surface area contributed by atoms with Crippen molar-refractivity contribution in [3.05, 3.63) is 97.3 Å². The Morgan fingerprint density at radius 1 is 0.912 bits per heavy atom. The molecule has 3 aromatic carbocycles. The summed E-state index contributed by atoms with van der Waals surface area (Å²) in [7, 11) is 0. The summed E-state index contributed by atoms with van der Waals surface area (Å²) in [6.45, 7) is 3.00. The van der Waals surface area contributed by atoms with Gasteiger partial charge in [-0.05, 0) is 65.7 Å². The normalized spacial score (nSPS) is 14.7. The SMILES string of the molecule is CCOc1cc(/C=C2\SC(=O)N(Cc3ccc(Br)cc3)C2=O)c(Br)cc1OCc1ccccc1. The molecule has 1 heterocycles. The highest BCUT2D eigenvalue weighted by Gasteiger charge is 2.35. The first kappa shape index (κ1) is 24.6. The largest absolute Gasteiger partial charge is 0.490 e. The molecule has 8 heteroatoms. The number of thioether (sulfide) groups is 1. The maximum atomic E-state index is 13.0. The molecular weight excluding hydrogens is 582 g/mol. The Labute approximate surface area is 219 Å². The molecule has 2 amide bonds. The van der Waals surface area contributed by atoms with Gasteiger partial charge in [-0.15, -0.1) is 0 Å². The van der Waals surface area contributed by atoms with Gasteiger partial charge in [0.2, 0.25) is 0 Å². The van der Waals surface area contributed by atoms with Gasteiger partial charge < -0.3 is 9.47 Å². The number of benzene rings is 3. The first-order valence-electron chi connectivity index (χ1n) is 10.6. The van der Waals surface area contributed by atoms with Crippen LogP contribution in [0.5, 0.6) is 11.5 Å². The van der Waals surface area contributed by atoms with Crippen molar-refractivity contribution in [1.82, 2.24) is 4.90 Å². The molecule has 0 bridgehead atoms. The molecule has 0 radical (unpaired) electrons. The van der Waals surface area contributed by atoms with Crippen LogP contribution in [-0.2, 0) is 17.9 Å². The third-order valence-corrected chi connectivity index (χ3v) is 7.14. The summed E-state index contributed by atoms with van der Waals surface area (Å²) in [5.41, 5.74) is 2.65. The van der Waals surface area contributed by atoms with Gasteiger partial charge in [0, 0.05) is 8.95 Å². The minimum absolute atomic E-state index is 0.229. The summed E-state index contributed by atoms with van der Waals surface area (Å²) in [6, 6.07) is 21.1. The van der Waals surface area contributed by atoms with Crippen LogP contribution >= 0.6 is 43.6 Å². The number of halogens is 2. The van der Waals surface area contributed by atoms with Gasteiger partial charge in [0.15, 0.2) is 11.5 Å². The Balaban J connectivity index is 1.55. The lowest BCUT2D eigenvalue weighted by molar-refractivity contribution is -0.123. The Hall–Kier alpha value is -2.55. The third kappa shape index (κ3) is 5.92. The maximum absolute atomic E-state index is 13.0. The van der Waals surface area contributed by atoms with Crippen molar-refractivity contribution in [3.8, 4) is 11.5 Å². The maximum Gasteiger partial charge on any atom is 0.293 e. The fourth-order valence-electron chi connectivity index (χ4n) is 3.33. The smallest absolute Gasteiger partial charge is 0.293 e. The van der Waals surface area contributed by atoms with Crippen molar-refractivity contribution in [2.24, 2.45) is 0 Å². The number of hydrogen-bond acceptors (Lipinski definition) is 5. The van der Waals surface area contributed by atoms with Gasteiger partial charge in [0.25, 0.3) is 11.1 Å². The fourth-order valence-corrected chi connectivity index (χ4v) is 4.86. The standard InChI is InChI=1S/C26H21Br2NO4S/c1-2-32-22-12-19(21(28)14-23(22)33-16-18-6-4-3-5-7-18)13-24-25(30)29(26(31)34-24)15-17-8-10-20(27)11-9-17/h3-14H,2,15-16H2,1H3/b24-13-. The van der Waals surface area contributed by atoms with Gasteiger partial charge in [-0.3, -0.25) is 14.5 Å². The number of hydrogen-bond donors (Lipinski definition) is 0. The molecule has 1 saturated heterocycles. The van der Waals surface area contributed by atoms with Crippen molar-refractivity contribution in [2.45, 2.75) is 20.1 Å². The molecule has 0 aromatic heterocycles. The summed E-state index contributed by atoms with van der Waals surface area (Å²) in [5, 5.41) is -0.289. The summed E-state index contributed by atoms with van der Waals surface area (Å²) in [6.07, 6.45) is 1.71. The second-order valence-corrected chi connectivity index (χ2v) is 10.2. The van der Waals surface area contributed by atoms with Crippen LogP contribution < -0.4 is 9.47 Å². The van der Waals surface area contributed by atoms with Gasteiger partial charge in [0.05, 0.1) is 18.1 Å². The molecule has 34 heavy (non-hydrogen) atoms. The second kappa shape index (κ2) is 11.3. The molecule has 1 aliphatic heterocycles. The lowest BCUT2D eigenvalue weighted by atomic mass is 10.1. The highest BCUT2D eigenvalue weighted by Crippen LogP contribution is 2.39. The predicted octanol–water partition coefficient (Wildman–Crippen LogP) is 7.43. The van der Waals surface area contributed by atoms with E-state index in [-0.39, 0.29) is 17.7 Å². The molecule has 0 saturated carbocycles. The number of amides is 2. The average molecular weight is 603 g/mol. The lowest BCUT2D eigenvalue weighted by Crippen LogP contribution is -2.27. The molecule has 174 valence electrons. The van der Waals surface area contributed by atoms with Gasteiger partial charge in [-0.1, -0.05) is 74.3 Å². The number of carbonyl (C=O) groups excluding carboxylic acids is 2. The monoisotopic (exact) mass is 601 g/mol. The van der Waals surface area contributed by atoms with E-state index in [9.17, 15) is 9.59 Å². The fraction of sp³-hybridized carbons (Fsp3) is 0.154. The molecule has 4 rings (SSSR count). The predicted molar refractivity (Wildman–Crippen MR) is 142 cm³/mol. The number of nitrogens with zero attached hydrogens (tertiary/aromatic N) is 1. The Kier molecular flexibility index (Phi) is 8.13. The minimum Gasteiger partial charge on any atom is -0.490 e. The van der Waals surface area contributed by atoms with Crippen LogP contribution in [-0.4, -0.2) is 22.7 Å². The van der Waals surface area contributed by atoms with Crippen LogP contribution in [0.4, 0.5) is 4.79 Å². The molecule has 0 aliphatic carbocycles. The number of imide groups is 1. The van der Waals surface area contributed by atoms with Crippen molar-refractivity contribution in [3.63, 3.8) is 0 Å². The van der Waals surface area contributed by atoms with E-state index in [2.05, 4.69) is 31.9 Å². The quantitative estimate of drug-likeness (QED) is 0.251. The van der Waals surface area contributed by atoms with E-state index >= 15 is 0 Å². The van der Waals surface area contributed by atoms with E-state index in [1.807, 2.05) is 73.7 Å². The average Bonchev–Trinajstić information content (AvgIpc) is 3.09. The van der Waals surface area contributed by atoms with Crippen molar-refractivity contribution >= 4 is 60.8 Å². The van der Waals surface area contributed by atoms with E-state index in [1.165, 1.54) is 4.90 Å². The Morgan fingerprint density at radius 3 is 2.32 bits per heavy atom. The van der Waals surface area contributed by atoms with Crippen molar-refractivity contribution in [2.75, 3.05) is 6.61 Å². The van der Waals surface area contributed by atoms with Crippen LogP contribution in [0.3, 0.4) is 0 Å². The van der Waals surface area contributed by atoms with E-state index in [0.29, 0.717) is 29.6 Å². The molecule has 1 fully saturated rings. The second-order valence-electron chi connectivity index (χ2n) is 7.42. The highest BCUT2D eigenvalue weighted by atomic mass is 79.9. The molecule has 0 N–H and O–H groups in total. The minimum atomic E-state index is -0.313. The van der Waals surface area contributed by atoms with Crippen molar-refractivity contribution in [1.29, 1.82) is 0 Å². The Morgan fingerprint density at radius 2 is 1.62 bits per heavy atom. The summed E-state index contributed by atoms with van der Waals surface area (Å²) in [4.78, 5) is 27.1. The lowest BCUT2D eigenvalue weighted by Gasteiger charge is -2.14. The topological polar surface area (TPSA) is 55.8 Å². The van der Waals surface area contributed by atoms with Gasteiger partial charge in [-0.25, -0.2) is 0 Å².